The highest BCUT2D eigenvalue weighted by Gasteiger charge is 2.25. The largest absolute Gasteiger partial charge is 0.494 e. The van der Waals surface area contributed by atoms with Crippen molar-refractivity contribution in [2.75, 3.05) is 20.3 Å². The number of hydrogen-bond donors (Lipinski definition) is 0. The first kappa shape index (κ1) is 11.7. The molecule has 1 heterocycles. The van der Waals surface area contributed by atoms with Gasteiger partial charge in [0, 0.05) is 12.5 Å². The van der Waals surface area contributed by atoms with Gasteiger partial charge in [-0.2, -0.15) is 0 Å². The van der Waals surface area contributed by atoms with Gasteiger partial charge in [0.2, 0.25) is 0 Å². The van der Waals surface area contributed by atoms with Gasteiger partial charge in [0.05, 0.1) is 19.1 Å². The Hall–Kier alpha value is -0.800. The summed E-state index contributed by atoms with van der Waals surface area (Å²) in [6.45, 7) is 1.40. The Morgan fingerprint density at radius 1 is 1.56 bits per heavy atom. The summed E-state index contributed by atoms with van der Waals surface area (Å²) in [7, 11) is 1.45. The molecule has 0 saturated carbocycles. The van der Waals surface area contributed by atoms with Crippen LogP contribution in [0.4, 0.5) is 4.39 Å². The average molecular weight is 245 g/mol. The second-order valence-corrected chi connectivity index (χ2v) is 4.39. The molecule has 2 nitrogen and oxygen atoms in total. The predicted octanol–water partition coefficient (Wildman–Crippen LogP) is 3.15. The monoisotopic (exact) mass is 244 g/mol. The van der Waals surface area contributed by atoms with Crippen molar-refractivity contribution >= 4 is 11.6 Å². The highest BCUT2D eigenvalue weighted by molar-refractivity contribution is 6.21. The standard InChI is InChI=1S/C12H14ClFO2/c1-15-11-3-2-8(6-10(11)14)12(13)9-4-5-16-7-9/h2-3,6,9,12H,4-5,7H2,1H3. The SMILES string of the molecule is COc1ccc(C(Cl)C2CCOC2)cc1F. The number of halogens is 2. The molecule has 4 heteroatoms. The fourth-order valence-corrected chi connectivity index (χ4v) is 2.24. The molecule has 2 unspecified atom stereocenters. The zero-order valence-corrected chi connectivity index (χ0v) is 9.84. The van der Waals surface area contributed by atoms with Crippen LogP contribution in [0, 0.1) is 11.7 Å². The van der Waals surface area contributed by atoms with Gasteiger partial charge in [-0.1, -0.05) is 6.07 Å². The molecule has 0 amide bonds. The maximum atomic E-state index is 13.5. The van der Waals surface area contributed by atoms with E-state index in [-0.39, 0.29) is 22.9 Å². The smallest absolute Gasteiger partial charge is 0.165 e. The van der Waals surface area contributed by atoms with Gasteiger partial charge >= 0.3 is 0 Å². The lowest BCUT2D eigenvalue weighted by molar-refractivity contribution is 0.185. The first-order chi connectivity index (χ1) is 7.72. The van der Waals surface area contributed by atoms with E-state index < -0.39 is 0 Å². The van der Waals surface area contributed by atoms with E-state index in [1.54, 1.807) is 12.1 Å². The van der Waals surface area contributed by atoms with E-state index in [0.29, 0.717) is 6.61 Å². The third kappa shape index (κ3) is 2.30. The molecular formula is C12H14ClFO2. The first-order valence-electron chi connectivity index (χ1n) is 5.27. The lowest BCUT2D eigenvalue weighted by atomic mass is 9.98. The Morgan fingerprint density at radius 3 is 2.94 bits per heavy atom. The van der Waals surface area contributed by atoms with Crippen molar-refractivity contribution in [3.05, 3.63) is 29.6 Å². The summed E-state index contributed by atoms with van der Waals surface area (Å²) in [4.78, 5) is 0. The van der Waals surface area contributed by atoms with Crippen molar-refractivity contribution in [1.82, 2.24) is 0 Å². The molecule has 1 aliphatic heterocycles. The van der Waals surface area contributed by atoms with Crippen LogP contribution in [0.3, 0.4) is 0 Å². The van der Waals surface area contributed by atoms with Gasteiger partial charge in [0.15, 0.2) is 11.6 Å². The van der Waals surface area contributed by atoms with Crippen LogP contribution < -0.4 is 4.74 Å². The first-order valence-corrected chi connectivity index (χ1v) is 5.71. The van der Waals surface area contributed by atoms with E-state index in [1.165, 1.54) is 13.2 Å². The molecule has 16 heavy (non-hydrogen) atoms. The summed E-state index contributed by atoms with van der Waals surface area (Å²) in [5.41, 5.74) is 0.787. The average Bonchev–Trinajstić information content (AvgIpc) is 2.81. The fourth-order valence-electron chi connectivity index (χ4n) is 1.91. The zero-order valence-electron chi connectivity index (χ0n) is 9.08. The van der Waals surface area contributed by atoms with Crippen molar-refractivity contribution < 1.29 is 13.9 Å². The van der Waals surface area contributed by atoms with E-state index in [0.717, 1.165) is 18.6 Å². The summed E-state index contributed by atoms with van der Waals surface area (Å²) in [5, 5.41) is -0.192. The Kier molecular flexibility index (Phi) is 3.66. The minimum Gasteiger partial charge on any atom is -0.494 e. The van der Waals surface area contributed by atoms with Gasteiger partial charge in [0.1, 0.15) is 0 Å². The van der Waals surface area contributed by atoms with Crippen LogP contribution in [0.25, 0.3) is 0 Å². The van der Waals surface area contributed by atoms with Crippen LogP contribution in [0.15, 0.2) is 18.2 Å². The predicted molar refractivity (Wildman–Crippen MR) is 60.5 cm³/mol. The maximum Gasteiger partial charge on any atom is 0.165 e. The molecule has 1 saturated heterocycles. The molecule has 0 bridgehead atoms. The van der Waals surface area contributed by atoms with Crippen LogP contribution in [0.2, 0.25) is 0 Å². The second kappa shape index (κ2) is 5.02. The zero-order chi connectivity index (χ0) is 11.5. The van der Waals surface area contributed by atoms with E-state index in [4.69, 9.17) is 21.1 Å². The van der Waals surface area contributed by atoms with Crippen molar-refractivity contribution in [3.63, 3.8) is 0 Å². The molecule has 1 fully saturated rings. The summed E-state index contributed by atoms with van der Waals surface area (Å²) >= 11 is 6.29. The summed E-state index contributed by atoms with van der Waals surface area (Å²) < 4.78 is 23.6. The van der Waals surface area contributed by atoms with E-state index >= 15 is 0 Å². The van der Waals surface area contributed by atoms with Crippen LogP contribution in [0.1, 0.15) is 17.4 Å². The maximum absolute atomic E-state index is 13.5. The number of hydrogen-bond acceptors (Lipinski definition) is 2. The van der Waals surface area contributed by atoms with Gasteiger partial charge in [-0.25, -0.2) is 4.39 Å². The van der Waals surface area contributed by atoms with Crippen LogP contribution >= 0.6 is 11.6 Å². The second-order valence-electron chi connectivity index (χ2n) is 3.92. The van der Waals surface area contributed by atoms with Crippen molar-refractivity contribution in [2.24, 2.45) is 5.92 Å². The third-order valence-electron chi connectivity index (χ3n) is 2.87. The molecule has 0 aromatic heterocycles. The van der Waals surface area contributed by atoms with E-state index in [1.807, 2.05) is 0 Å². The molecule has 1 aromatic rings. The van der Waals surface area contributed by atoms with Crippen molar-refractivity contribution in [1.29, 1.82) is 0 Å². The number of methoxy groups -OCH3 is 1. The van der Waals surface area contributed by atoms with Gasteiger partial charge in [-0.3, -0.25) is 0 Å². The number of benzene rings is 1. The van der Waals surface area contributed by atoms with Gasteiger partial charge < -0.3 is 9.47 Å². The molecule has 88 valence electrons. The van der Waals surface area contributed by atoms with Gasteiger partial charge in [0.25, 0.3) is 0 Å². The molecule has 2 atom stereocenters. The third-order valence-corrected chi connectivity index (χ3v) is 3.48. The highest BCUT2D eigenvalue weighted by Crippen LogP contribution is 2.35. The van der Waals surface area contributed by atoms with E-state index in [2.05, 4.69) is 0 Å². The normalized spacial score (nSPS) is 22.1. The summed E-state index contributed by atoms with van der Waals surface area (Å²) in [6, 6.07) is 4.85. The number of rotatable bonds is 3. The number of alkyl halides is 1. The summed E-state index contributed by atoms with van der Waals surface area (Å²) in [5.74, 6) is 0.148. The van der Waals surface area contributed by atoms with Crippen LogP contribution in [0.5, 0.6) is 5.75 Å². The molecule has 2 rings (SSSR count). The molecule has 0 N–H and O–H groups in total. The minimum absolute atomic E-state index is 0.192. The van der Waals surface area contributed by atoms with Crippen LogP contribution in [-0.4, -0.2) is 20.3 Å². The topological polar surface area (TPSA) is 18.5 Å². The molecule has 1 aliphatic rings. The Morgan fingerprint density at radius 2 is 2.38 bits per heavy atom. The molecular weight excluding hydrogens is 231 g/mol. The van der Waals surface area contributed by atoms with E-state index in [9.17, 15) is 4.39 Å². The Labute approximate surface area is 99.3 Å². The van der Waals surface area contributed by atoms with Gasteiger partial charge in [-0.15, -0.1) is 11.6 Å². The number of ether oxygens (including phenoxy) is 2. The lowest BCUT2D eigenvalue weighted by Gasteiger charge is -2.16. The van der Waals surface area contributed by atoms with Crippen molar-refractivity contribution in [3.8, 4) is 5.75 Å². The molecule has 1 aromatic carbocycles. The quantitative estimate of drug-likeness (QED) is 0.761. The van der Waals surface area contributed by atoms with Crippen molar-refractivity contribution in [2.45, 2.75) is 11.8 Å². The highest BCUT2D eigenvalue weighted by atomic mass is 35.5. The Bertz CT molecular complexity index is 364. The Balaban J connectivity index is 2.16. The molecule has 0 aliphatic carbocycles. The summed E-state index contributed by atoms with van der Waals surface area (Å²) in [6.07, 6.45) is 0.932. The molecule has 0 spiro atoms. The minimum atomic E-state index is -0.371. The van der Waals surface area contributed by atoms with Crippen LogP contribution in [-0.2, 0) is 4.74 Å². The lowest BCUT2D eigenvalue weighted by Crippen LogP contribution is -2.08. The fraction of sp³-hybridized carbons (Fsp3) is 0.500. The van der Waals surface area contributed by atoms with Gasteiger partial charge in [-0.05, 0) is 24.1 Å². The molecule has 0 radical (unpaired) electrons.